The van der Waals surface area contributed by atoms with Crippen molar-refractivity contribution >= 4 is 41.1 Å². The van der Waals surface area contributed by atoms with Gasteiger partial charge in [0.1, 0.15) is 19.0 Å². The summed E-state index contributed by atoms with van der Waals surface area (Å²) >= 11 is 6.33. The minimum Gasteiger partial charge on any atom is -0.462 e. The Bertz CT molecular complexity index is 1690. The van der Waals surface area contributed by atoms with Crippen molar-refractivity contribution in [2.24, 2.45) is 21.7 Å². The fourth-order valence-corrected chi connectivity index (χ4v) is 5.83. The lowest BCUT2D eigenvalue weighted by Crippen LogP contribution is -2.67. The topological polar surface area (TPSA) is 143 Å². The molecule has 1 aromatic heterocycles. The second-order valence-electron chi connectivity index (χ2n) is 18.1. The van der Waals surface area contributed by atoms with Crippen LogP contribution >= 0.6 is 11.6 Å². The maximum atomic E-state index is 13.9. The third-order valence-electron chi connectivity index (χ3n) is 9.04. The summed E-state index contributed by atoms with van der Waals surface area (Å²) in [4.78, 5) is 64.9. The van der Waals surface area contributed by atoms with Crippen molar-refractivity contribution in [1.82, 2.24) is 14.9 Å². The first kappa shape index (κ1) is 42.9. The Morgan fingerprint density at radius 2 is 1.20 bits per heavy atom. The molecule has 6 atom stereocenters. The van der Waals surface area contributed by atoms with Crippen LogP contribution in [-0.2, 0) is 42.9 Å². The average Bonchev–Trinajstić information content (AvgIpc) is 3.07. The van der Waals surface area contributed by atoms with Crippen LogP contribution in [0.25, 0.3) is 5.57 Å². The number of ether oxygens (including phenoxy) is 5. The summed E-state index contributed by atoms with van der Waals surface area (Å²) in [7, 11) is 0. The molecule has 0 saturated carbocycles. The zero-order valence-corrected chi connectivity index (χ0v) is 34.4. The molecule has 2 aromatic rings. The quantitative estimate of drug-likeness (QED) is 0.199. The van der Waals surface area contributed by atoms with Crippen molar-refractivity contribution in [1.29, 1.82) is 0 Å². The molecule has 1 fully saturated rings. The molecule has 4 rings (SSSR count). The van der Waals surface area contributed by atoms with Crippen LogP contribution in [0, 0.1) is 21.7 Å². The van der Waals surface area contributed by atoms with Gasteiger partial charge in [-0.05, 0) is 113 Å². The Balaban J connectivity index is 1.94. The Morgan fingerprint density at radius 3 is 1.70 bits per heavy atom. The van der Waals surface area contributed by atoms with Gasteiger partial charge in [-0.25, -0.2) is 9.97 Å². The summed E-state index contributed by atoms with van der Waals surface area (Å²) in [5.74, 6) is -2.34. The molecule has 13 heteroatoms. The molecular weight excluding hydrogens is 714 g/mol. The Morgan fingerprint density at radius 1 is 0.722 bits per heavy atom. The number of halogens is 1. The Labute approximate surface area is 324 Å². The first-order valence-electron chi connectivity index (χ1n) is 18.3. The van der Waals surface area contributed by atoms with E-state index in [0.717, 1.165) is 16.7 Å². The van der Waals surface area contributed by atoms with Gasteiger partial charge < -0.3 is 23.7 Å². The molecule has 12 nitrogen and oxygen atoms in total. The zero-order valence-electron chi connectivity index (χ0n) is 33.6. The fourth-order valence-electron chi connectivity index (χ4n) is 5.70. The summed E-state index contributed by atoms with van der Waals surface area (Å²) in [6, 6.07) is 7.02. The first-order valence-corrected chi connectivity index (χ1v) is 18.7. The lowest BCUT2D eigenvalue weighted by atomic mass is 9.88. The lowest BCUT2D eigenvalue weighted by molar-refractivity contribution is -0.287. The highest BCUT2D eigenvalue weighted by atomic mass is 35.5. The molecule has 1 saturated heterocycles. The van der Waals surface area contributed by atoms with Gasteiger partial charge >= 0.3 is 23.9 Å². The number of aromatic nitrogens is 2. The molecule has 0 spiro atoms. The van der Waals surface area contributed by atoms with Crippen molar-refractivity contribution in [2.75, 3.05) is 13.2 Å². The molecule has 1 aromatic carbocycles. The lowest BCUT2D eigenvalue weighted by Gasteiger charge is -2.51. The molecule has 2 aliphatic rings. The normalized spacial score (nSPS) is 24.2. The number of nitrogens with zero attached hydrogens (tertiary/aromatic N) is 3. The highest BCUT2D eigenvalue weighted by Crippen LogP contribution is 2.42. The molecule has 2 aliphatic heterocycles. The van der Waals surface area contributed by atoms with E-state index in [2.05, 4.69) is 9.97 Å². The van der Waals surface area contributed by atoms with Crippen molar-refractivity contribution in [3.8, 4) is 0 Å². The number of esters is 4. The van der Waals surface area contributed by atoms with E-state index in [1.807, 2.05) is 23.1 Å². The van der Waals surface area contributed by atoms with E-state index in [0.29, 0.717) is 11.4 Å². The van der Waals surface area contributed by atoms with Crippen molar-refractivity contribution in [2.45, 2.75) is 126 Å². The van der Waals surface area contributed by atoms with E-state index in [-0.39, 0.29) is 13.2 Å². The molecule has 0 aliphatic carbocycles. The van der Waals surface area contributed by atoms with Crippen LogP contribution in [0.3, 0.4) is 0 Å². The van der Waals surface area contributed by atoms with Gasteiger partial charge in [-0.15, -0.1) is 0 Å². The van der Waals surface area contributed by atoms with Gasteiger partial charge in [-0.2, -0.15) is 0 Å². The van der Waals surface area contributed by atoms with Crippen LogP contribution in [0.2, 0.25) is 5.02 Å². The molecule has 0 unspecified atom stereocenters. The fraction of sp³-hybridized carbons (Fsp3) is 0.610. The van der Waals surface area contributed by atoms with Gasteiger partial charge in [-0.1, -0.05) is 29.8 Å². The third kappa shape index (κ3) is 10.7. The number of hydrogen-bond acceptors (Lipinski definition) is 12. The SMILES string of the molecule is CC(C)(C)C(=O)OC[C@H]1O[C@@H](N2CC=C(c3cncnc3)C[C@H]2c2ccc(Cl)cc2)[C@H](OC(=O)C(C)(C)C)[C@@H](OC(=O)C(C)(C)C)[C@H]1OC(=O)C(C)(C)C. The van der Waals surface area contributed by atoms with Gasteiger partial charge in [0.05, 0.1) is 21.7 Å². The number of rotatable bonds is 8. The standard InChI is InChI=1S/C41H56ClN3O9/c1-38(2,3)34(46)50-22-29-30(52-35(47)39(4,5)6)31(53-36(48)40(7,8)9)32(54-37(49)41(10,11)12)33(51-29)45-18-17-25(26-20-43-23-44-21-26)19-28(45)24-13-15-27(42)16-14-24/h13-17,20-21,23,28-33H,18-19,22H2,1-12H3/t28-,29+,30-,31-,32+,33+/m0/s1. The summed E-state index contributed by atoms with van der Waals surface area (Å²) in [5, 5.41) is 0.553. The predicted molar refractivity (Wildman–Crippen MR) is 203 cm³/mol. The Kier molecular flexibility index (Phi) is 13.1. The van der Waals surface area contributed by atoms with Crippen LogP contribution in [0.15, 0.2) is 49.1 Å². The van der Waals surface area contributed by atoms with Gasteiger partial charge in [0, 0.05) is 35.6 Å². The van der Waals surface area contributed by atoms with Gasteiger partial charge in [0.25, 0.3) is 0 Å². The number of carbonyl (C=O) groups excluding carboxylic acids is 4. The summed E-state index contributed by atoms with van der Waals surface area (Å²) in [6.45, 7) is 20.4. The van der Waals surface area contributed by atoms with Gasteiger partial charge in [-0.3, -0.25) is 24.1 Å². The van der Waals surface area contributed by atoms with Crippen LogP contribution in [0.5, 0.6) is 0 Å². The molecule has 0 bridgehead atoms. The van der Waals surface area contributed by atoms with Crippen molar-refractivity contribution < 1.29 is 42.9 Å². The number of carbonyl (C=O) groups is 4. The largest absolute Gasteiger partial charge is 0.462 e. The van der Waals surface area contributed by atoms with Gasteiger partial charge in [0.15, 0.2) is 24.5 Å². The number of benzene rings is 1. The van der Waals surface area contributed by atoms with Crippen LogP contribution in [0.4, 0.5) is 0 Å². The maximum absolute atomic E-state index is 13.9. The highest BCUT2D eigenvalue weighted by Gasteiger charge is 2.57. The van der Waals surface area contributed by atoms with E-state index in [4.69, 9.17) is 35.3 Å². The zero-order chi connectivity index (χ0) is 40.4. The highest BCUT2D eigenvalue weighted by molar-refractivity contribution is 6.30. The summed E-state index contributed by atoms with van der Waals surface area (Å²) in [5.41, 5.74) is -1.10. The smallest absolute Gasteiger partial charge is 0.311 e. The second kappa shape index (κ2) is 16.5. The molecule has 54 heavy (non-hydrogen) atoms. The third-order valence-corrected chi connectivity index (χ3v) is 9.29. The number of hydrogen-bond donors (Lipinski definition) is 0. The predicted octanol–water partition coefficient (Wildman–Crippen LogP) is 7.15. The average molecular weight is 770 g/mol. The summed E-state index contributed by atoms with van der Waals surface area (Å²) in [6.07, 6.45) is 1.19. The molecule has 3 heterocycles. The Hall–Kier alpha value is -3.87. The van der Waals surface area contributed by atoms with E-state index in [9.17, 15) is 19.2 Å². The molecular formula is C41H56ClN3O9. The van der Waals surface area contributed by atoms with Gasteiger partial charge in [0.2, 0.25) is 0 Å². The van der Waals surface area contributed by atoms with E-state index >= 15 is 0 Å². The second-order valence-corrected chi connectivity index (χ2v) is 18.5. The van der Waals surface area contributed by atoms with Crippen LogP contribution in [-0.4, -0.2) is 82.5 Å². The minimum absolute atomic E-state index is 0.284. The van der Waals surface area contributed by atoms with E-state index in [1.165, 1.54) is 6.33 Å². The van der Waals surface area contributed by atoms with E-state index < -0.39 is 82.2 Å². The molecule has 296 valence electrons. The molecule has 0 amide bonds. The van der Waals surface area contributed by atoms with Crippen molar-refractivity contribution in [3.63, 3.8) is 0 Å². The maximum Gasteiger partial charge on any atom is 0.311 e. The monoisotopic (exact) mass is 769 g/mol. The van der Waals surface area contributed by atoms with Crippen molar-refractivity contribution in [3.05, 3.63) is 65.2 Å². The summed E-state index contributed by atoms with van der Waals surface area (Å²) < 4.78 is 31.5. The van der Waals surface area contributed by atoms with Crippen LogP contribution < -0.4 is 0 Å². The first-order chi connectivity index (χ1) is 24.9. The minimum atomic E-state index is -1.37. The molecule has 0 N–H and O–H groups in total. The van der Waals surface area contributed by atoms with Crippen LogP contribution in [0.1, 0.15) is 107 Å². The van der Waals surface area contributed by atoms with E-state index in [1.54, 1.807) is 108 Å². The molecule has 0 radical (unpaired) electrons.